The summed E-state index contributed by atoms with van der Waals surface area (Å²) in [5.41, 5.74) is 13.5. The molecule has 1 aromatic rings. The zero-order valence-corrected chi connectivity index (χ0v) is 16.0. The van der Waals surface area contributed by atoms with Gasteiger partial charge in [-0.05, 0) is 18.2 Å². The molecule has 0 spiro atoms. The van der Waals surface area contributed by atoms with Gasteiger partial charge in [0.15, 0.2) is 11.6 Å². The maximum absolute atomic E-state index is 12.9. The van der Waals surface area contributed by atoms with E-state index in [4.69, 9.17) is 11.5 Å². The fourth-order valence-corrected chi connectivity index (χ4v) is 2.67. The maximum Gasteiger partial charge on any atom is 0.192 e. The van der Waals surface area contributed by atoms with Crippen molar-refractivity contribution in [3.63, 3.8) is 0 Å². The minimum absolute atomic E-state index is 0.0344. The second kappa shape index (κ2) is 11.8. The van der Waals surface area contributed by atoms with Gasteiger partial charge in [0.2, 0.25) is 0 Å². The number of fused-ring (bicyclic) bond motifs is 1. The van der Waals surface area contributed by atoms with Crippen LogP contribution in [0.1, 0.15) is 41.0 Å². The van der Waals surface area contributed by atoms with Gasteiger partial charge in [0.05, 0.1) is 11.1 Å². The van der Waals surface area contributed by atoms with Crippen molar-refractivity contribution in [1.82, 2.24) is 0 Å². The lowest BCUT2D eigenvalue weighted by Gasteiger charge is -2.23. The molecule has 0 aromatic heterocycles. The summed E-state index contributed by atoms with van der Waals surface area (Å²) in [4.78, 5) is 29.5. The quantitative estimate of drug-likeness (QED) is 0.411. The topological polar surface area (TPSA) is 123 Å². The van der Waals surface area contributed by atoms with Gasteiger partial charge in [-0.25, -0.2) is 0 Å². The summed E-state index contributed by atoms with van der Waals surface area (Å²) in [5.74, 6) is -0.315. The number of aliphatic imine (C=N–C) groups is 1. The van der Waals surface area contributed by atoms with Gasteiger partial charge < -0.3 is 22.1 Å². The molecule has 0 saturated heterocycles. The Bertz CT molecular complexity index is 738. The number of nitrogens with two attached hydrogens (primary N) is 2. The molecular formula is C20H29N5O2. The molecule has 0 fully saturated rings. The number of benzene rings is 1. The van der Waals surface area contributed by atoms with E-state index in [1.54, 1.807) is 18.2 Å². The third-order valence-electron chi connectivity index (χ3n) is 3.74. The first-order chi connectivity index (χ1) is 13.1. The molecule has 1 aliphatic carbocycles. The van der Waals surface area contributed by atoms with Crippen molar-refractivity contribution in [2.24, 2.45) is 16.5 Å². The zero-order chi connectivity index (χ0) is 20.2. The first kappa shape index (κ1) is 22.3. The number of nitrogens with zero attached hydrogens (tertiary/aromatic N) is 1. The molecule has 0 amide bonds. The number of hydrogen-bond donors (Lipinski definition) is 4. The summed E-state index contributed by atoms with van der Waals surface area (Å²) < 4.78 is 0. The zero-order valence-electron chi connectivity index (χ0n) is 16.0. The molecule has 0 heterocycles. The first-order valence-electron chi connectivity index (χ1n) is 9.10. The molecule has 0 saturated carbocycles. The van der Waals surface area contributed by atoms with Crippen molar-refractivity contribution in [3.05, 3.63) is 47.7 Å². The van der Waals surface area contributed by atoms with Crippen LogP contribution in [-0.4, -0.2) is 44.0 Å². The van der Waals surface area contributed by atoms with Crippen LogP contribution < -0.4 is 22.1 Å². The van der Waals surface area contributed by atoms with Crippen LogP contribution in [0.2, 0.25) is 0 Å². The van der Waals surface area contributed by atoms with Gasteiger partial charge in [0.25, 0.3) is 0 Å². The summed E-state index contributed by atoms with van der Waals surface area (Å²) in [7, 11) is 0. The Kier molecular flexibility index (Phi) is 9.71. The lowest BCUT2D eigenvalue weighted by atomic mass is 9.83. The molecule has 7 heteroatoms. The molecule has 0 aliphatic heterocycles. The van der Waals surface area contributed by atoms with Crippen molar-refractivity contribution in [2.75, 3.05) is 36.8 Å². The van der Waals surface area contributed by atoms with E-state index in [1.165, 1.54) is 12.4 Å². The van der Waals surface area contributed by atoms with Crippen LogP contribution >= 0.6 is 0 Å². The van der Waals surface area contributed by atoms with Gasteiger partial charge in [0.1, 0.15) is 0 Å². The molecule has 0 radical (unpaired) electrons. The molecule has 2 rings (SSSR count). The number of anilines is 2. The molecule has 0 atom stereocenters. The van der Waals surface area contributed by atoms with E-state index in [0.29, 0.717) is 54.3 Å². The van der Waals surface area contributed by atoms with Crippen LogP contribution in [0.15, 0.2) is 41.6 Å². The van der Waals surface area contributed by atoms with Gasteiger partial charge in [-0.3, -0.25) is 14.6 Å². The van der Waals surface area contributed by atoms with Gasteiger partial charge in [-0.15, -0.1) is 0 Å². The lowest BCUT2D eigenvalue weighted by Crippen LogP contribution is -2.25. The minimum atomic E-state index is -0.193. The number of allylic oxidation sites excluding steroid dienone is 2. The molecule has 146 valence electrons. The van der Waals surface area contributed by atoms with Crippen LogP contribution in [0.4, 0.5) is 11.4 Å². The average Bonchev–Trinajstić information content (AvgIpc) is 2.69. The highest BCUT2D eigenvalue weighted by Crippen LogP contribution is 2.35. The van der Waals surface area contributed by atoms with Gasteiger partial charge >= 0.3 is 0 Å². The Morgan fingerprint density at radius 2 is 1.63 bits per heavy atom. The third kappa shape index (κ3) is 5.60. The Balaban J connectivity index is 0.00000176. The first-order valence-corrected chi connectivity index (χ1v) is 9.10. The Morgan fingerprint density at radius 1 is 1.07 bits per heavy atom. The van der Waals surface area contributed by atoms with Crippen LogP contribution in [0, 0.1) is 0 Å². The Morgan fingerprint density at radius 3 is 2.15 bits per heavy atom. The van der Waals surface area contributed by atoms with Crippen LogP contribution in [-0.2, 0) is 0 Å². The highest BCUT2D eigenvalue weighted by molar-refractivity contribution is 6.27. The van der Waals surface area contributed by atoms with Gasteiger partial charge in [-0.1, -0.05) is 20.4 Å². The SMILES string of the molecule is C=CN=C/C=C1\CC(=O)c2c(NCCN)ccc(NCCN)c2C1=O.CC. The Labute approximate surface area is 160 Å². The van der Waals surface area contributed by atoms with Crippen molar-refractivity contribution in [2.45, 2.75) is 20.3 Å². The maximum atomic E-state index is 12.9. The van der Waals surface area contributed by atoms with E-state index in [-0.39, 0.29) is 18.0 Å². The smallest absolute Gasteiger partial charge is 0.192 e. The number of nitrogens with one attached hydrogen (secondary N) is 2. The summed E-state index contributed by atoms with van der Waals surface area (Å²) in [5, 5.41) is 6.23. The van der Waals surface area contributed by atoms with E-state index in [9.17, 15) is 9.59 Å². The number of carbonyl (C=O) groups excluding carboxylic acids is 2. The van der Waals surface area contributed by atoms with Crippen molar-refractivity contribution < 1.29 is 9.59 Å². The van der Waals surface area contributed by atoms with Crippen LogP contribution in [0.3, 0.4) is 0 Å². The Hall–Kier alpha value is -2.77. The lowest BCUT2D eigenvalue weighted by molar-refractivity contribution is 0.0937. The highest BCUT2D eigenvalue weighted by atomic mass is 16.1. The normalized spacial score (nSPS) is 14.6. The second-order valence-electron chi connectivity index (χ2n) is 5.44. The predicted octanol–water partition coefficient (Wildman–Crippen LogP) is 2.36. The molecule has 7 nitrogen and oxygen atoms in total. The van der Waals surface area contributed by atoms with Crippen LogP contribution in [0.25, 0.3) is 0 Å². The number of carbonyl (C=O) groups is 2. The molecule has 6 N–H and O–H groups in total. The van der Waals surface area contributed by atoms with Crippen molar-refractivity contribution in [1.29, 1.82) is 0 Å². The fraction of sp³-hybridized carbons (Fsp3) is 0.350. The van der Waals surface area contributed by atoms with E-state index in [2.05, 4.69) is 22.2 Å². The van der Waals surface area contributed by atoms with Crippen LogP contribution in [0.5, 0.6) is 0 Å². The summed E-state index contributed by atoms with van der Waals surface area (Å²) in [6.07, 6.45) is 4.41. The summed E-state index contributed by atoms with van der Waals surface area (Å²) >= 11 is 0. The van der Waals surface area contributed by atoms with E-state index in [0.717, 1.165) is 0 Å². The number of rotatable bonds is 8. The van der Waals surface area contributed by atoms with Gasteiger partial charge in [-0.2, -0.15) is 0 Å². The molecular weight excluding hydrogens is 342 g/mol. The monoisotopic (exact) mass is 371 g/mol. The highest BCUT2D eigenvalue weighted by Gasteiger charge is 2.32. The largest absolute Gasteiger partial charge is 0.383 e. The number of Topliss-reactive ketones (excluding diaryl/α,β-unsaturated/α-hetero) is 2. The van der Waals surface area contributed by atoms with E-state index >= 15 is 0 Å². The van der Waals surface area contributed by atoms with E-state index in [1.807, 2.05) is 13.8 Å². The summed E-state index contributed by atoms with van der Waals surface area (Å²) in [6, 6.07) is 3.56. The number of ketones is 2. The molecule has 0 bridgehead atoms. The standard InChI is InChI=1S/C18H23N5O2.C2H6/c1-2-21-8-5-12-11-15(24)16-13(22-9-6-19)3-4-14(23-10-7-20)17(16)18(12)25;1-2/h2-5,8,22-23H,1,6-7,9-11,19-20H2;1-2H3/b12-5+,21-8?;. The molecule has 27 heavy (non-hydrogen) atoms. The van der Waals surface area contributed by atoms with Crippen molar-refractivity contribution in [3.8, 4) is 0 Å². The fourth-order valence-electron chi connectivity index (χ4n) is 2.67. The molecule has 0 unspecified atom stereocenters. The minimum Gasteiger partial charge on any atom is -0.383 e. The molecule has 1 aromatic carbocycles. The van der Waals surface area contributed by atoms with Crippen molar-refractivity contribution >= 4 is 29.2 Å². The van der Waals surface area contributed by atoms with E-state index < -0.39 is 0 Å². The summed E-state index contributed by atoms with van der Waals surface area (Å²) in [6.45, 7) is 9.33. The predicted molar refractivity (Wildman–Crippen MR) is 113 cm³/mol. The second-order valence-corrected chi connectivity index (χ2v) is 5.44. The van der Waals surface area contributed by atoms with Gasteiger partial charge in [0, 0.05) is 62.0 Å². The third-order valence-corrected chi connectivity index (χ3v) is 3.74. The average molecular weight is 371 g/mol. The number of hydrogen-bond acceptors (Lipinski definition) is 7. The molecule has 1 aliphatic rings.